The SMILES string of the molecule is Cc1ccc(-c2cnc(N)[nH]2)c(Br)c1. The number of benzene rings is 1. The van der Waals surface area contributed by atoms with Crippen molar-refractivity contribution in [3.8, 4) is 11.3 Å². The van der Waals surface area contributed by atoms with Gasteiger partial charge in [0.1, 0.15) is 0 Å². The number of aromatic amines is 1. The molecule has 72 valence electrons. The predicted molar refractivity (Wildman–Crippen MR) is 60.9 cm³/mol. The summed E-state index contributed by atoms with van der Waals surface area (Å²) in [5.41, 5.74) is 8.72. The minimum atomic E-state index is 0.437. The Kier molecular flexibility index (Phi) is 2.29. The number of nitrogens with one attached hydrogen (secondary N) is 1. The number of nitrogen functional groups attached to an aromatic ring is 1. The second-order valence-electron chi connectivity index (χ2n) is 3.17. The minimum absolute atomic E-state index is 0.437. The predicted octanol–water partition coefficient (Wildman–Crippen LogP) is 2.73. The maximum atomic E-state index is 5.51. The molecule has 0 unspecified atom stereocenters. The van der Waals surface area contributed by atoms with E-state index in [-0.39, 0.29) is 0 Å². The van der Waals surface area contributed by atoms with Crippen molar-refractivity contribution in [3.05, 3.63) is 34.4 Å². The van der Waals surface area contributed by atoms with Crippen LogP contribution in [0.15, 0.2) is 28.9 Å². The van der Waals surface area contributed by atoms with Gasteiger partial charge in [-0.3, -0.25) is 0 Å². The van der Waals surface area contributed by atoms with Crippen molar-refractivity contribution in [1.29, 1.82) is 0 Å². The van der Waals surface area contributed by atoms with Gasteiger partial charge in [0, 0.05) is 10.0 Å². The molecule has 0 bridgehead atoms. The fraction of sp³-hybridized carbons (Fsp3) is 0.100. The highest BCUT2D eigenvalue weighted by molar-refractivity contribution is 9.10. The zero-order valence-electron chi connectivity index (χ0n) is 7.71. The van der Waals surface area contributed by atoms with E-state index in [9.17, 15) is 0 Å². The lowest BCUT2D eigenvalue weighted by molar-refractivity contribution is 1.32. The lowest BCUT2D eigenvalue weighted by atomic mass is 10.1. The first-order chi connectivity index (χ1) is 6.66. The van der Waals surface area contributed by atoms with Crippen molar-refractivity contribution < 1.29 is 0 Å². The number of nitrogens with two attached hydrogens (primary N) is 1. The Labute approximate surface area is 90.5 Å². The summed E-state index contributed by atoms with van der Waals surface area (Å²) in [6, 6.07) is 6.15. The number of H-pyrrole nitrogens is 1. The molecule has 2 rings (SSSR count). The molecular formula is C10H10BrN3. The second-order valence-corrected chi connectivity index (χ2v) is 4.02. The van der Waals surface area contributed by atoms with Crippen molar-refractivity contribution in [2.45, 2.75) is 6.92 Å². The van der Waals surface area contributed by atoms with Crippen LogP contribution in [-0.4, -0.2) is 9.97 Å². The van der Waals surface area contributed by atoms with Crippen molar-refractivity contribution in [2.24, 2.45) is 0 Å². The number of anilines is 1. The number of rotatable bonds is 1. The quantitative estimate of drug-likeness (QED) is 0.819. The van der Waals surface area contributed by atoms with Gasteiger partial charge in [-0.25, -0.2) is 4.98 Å². The van der Waals surface area contributed by atoms with Crippen LogP contribution in [0.25, 0.3) is 11.3 Å². The monoisotopic (exact) mass is 251 g/mol. The number of imidazole rings is 1. The van der Waals surface area contributed by atoms with Crippen molar-refractivity contribution in [2.75, 3.05) is 5.73 Å². The third kappa shape index (κ3) is 1.65. The van der Waals surface area contributed by atoms with Crippen LogP contribution in [0.1, 0.15) is 5.56 Å². The molecule has 0 aliphatic carbocycles. The van der Waals surface area contributed by atoms with Gasteiger partial charge in [0.05, 0.1) is 11.9 Å². The zero-order chi connectivity index (χ0) is 10.1. The zero-order valence-corrected chi connectivity index (χ0v) is 9.30. The van der Waals surface area contributed by atoms with Gasteiger partial charge in [-0.15, -0.1) is 0 Å². The van der Waals surface area contributed by atoms with Crippen LogP contribution in [0.3, 0.4) is 0 Å². The first-order valence-corrected chi connectivity index (χ1v) is 5.03. The van der Waals surface area contributed by atoms with Gasteiger partial charge < -0.3 is 10.7 Å². The van der Waals surface area contributed by atoms with Gasteiger partial charge in [-0.2, -0.15) is 0 Å². The standard InChI is InChI=1S/C10H10BrN3/c1-6-2-3-7(8(11)4-6)9-5-13-10(12)14-9/h2-5H,1H3,(H3,12,13,14). The summed E-state index contributed by atoms with van der Waals surface area (Å²) in [4.78, 5) is 6.95. The van der Waals surface area contributed by atoms with Crippen LogP contribution in [-0.2, 0) is 0 Å². The highest BCUT2D eigenvalue weighted by Crippen LogP contribution is 2.27. The molecule has 1 aromatic heterocycles. The molecular weight excluding hydrogens is 242 g/mol. The molecule has 0 aliphatic heterocycles. The van der Waals surface area contributed by atoms with Gasteiger partial charge in [-0.1, -0.05) is 28.1 Å². The second kappa shape index (κ2) is 3.46. The van der Waals surface area contributed by atoms with Crippen LogP contribution in [0, 0.1) is 6.92 Å². The largest absolute Gasteiger partial charge is 0.369 e. The van der Waals surface area contributed by atoms with E-state index in [4.69, 9.17) is 5.73 Å². The highest BCUT2D eigenvalue weighted by atomic mass is 79.9. The van der Waals surface area contributed by atoms with Gasteiger partial charge in [0.15, 0.2) is 5.95 Å². The summed E-state index contributed by atoms with van der Waals surface area (Å²) >= 11 is 3.50. The Morgan fingerprint density at radius 1 is 1.43 bits per heavy atom. The van der Waals surface area contributed by atoms with E-state index < -0.39 is 0 Å². The van der Waals surface area contributed by atoms with Gasteiger partial charge in [-0.05, 0) is 18.6 Å². The third-order valence-electron chi connectivity index (χ3n) is 2.01. The van der Waals surface area contributed by atoms with E-state index >= 15 is 0 Å². The van der Waals surface area contributed by atoms with E-state index in [2.05, 4.69) is 45.0 Å². The van der Waals surface area contributed by atoms with E-state index in [1.807, 2.05) is 6.07 Å². The number of aryl methyl sites for hydroxylation is 1. The van der Waals surface area contributed by atoms with E-state index in [0.29, 0.717) is 5.95 Å². The van der Waals surface area contributed by atoms with Crippen LogP contribution >= 0.6 is 15.9 Å². The van der Waals surface area contributed by atoms with E-state index in [1.165, 1.54) is 5.56 Å². The molecule has 1 aromatic carbocycles. The van der Waals surface area contributed by atoms with Gasteiger partial charge >= 0.3 is 0 Å². The Morgan fingerprint density at radius 2 is 2.21 bits per heavy atom. The molecule has 0 aliphatic rings. The normalized spacial score (nSPS) is 10.4. The van der Waals surface area contributed by atoms with Crippen LogP contribution < -0.4 is 5.73 Å². The Balaban J connectivity index is 2.52. The van der Waals surface area contributed by atoms with Crippen molar-refractivity contribution in [3.63, 3.8) is 0 Å². The number of hydrogen-bond acceptors (Lipinski definition) is 2. The number of hydrogen-bond donors (Lipinski definition) is 2. The Bertz CT molecular complexity index is 462. The van der Waals surface area contributed by atoms with E-state index in [0.717, 1.165) is 15.7 Å². The molecule has 0 spiro atoms. The van der Waals surface area contributed by atoms with Gasteiger partial charge in [0.2, 0.25) is 0 Å². The molecule has 4 heteroatoms. The maximum Gasteiger partial charge on any atom is 0.197 e. The first-order valence-electron chi connectivity index (χ1n) is 4.24. The van der Waals surface area contributed by atoms with Gasteiger partial charge in [0.25, 0.3) is 0 Å². The molecule has 0 amide bonds. The summed E-state index contributed by atoms with van der Waals surface area (Å²) in [6.07, 6.45) is 1.73. The fourth-order valence-electron chi connectivity index (χ4n) is 1.31. The molecule has 0 saturated carbocycles. The van der Waals surface area contributed by atoms with Crippen LogP contribution in [0.4, 0.5) is 5.95 Å². The molecule has 0 atom stereocenters. The number of halogens is 1. The molecule has 0 fully saturated rings. The summed E-state index contributed by atoms with van der Waals surface area (Å²) in [6.45, 7) is 2.05. The minimum Gasteiger partial charge on any atom is -0.369 e. The summed E-state index contributed by atoms with van der Waals surface area (Å²) in [5.74, 6) is 0.437. The average molecular weight is 252 g/mol. The molecule has 3 N–H and O–H groups in total. The average Bonchev–Trinajstić information content (AvgIpc) is 2.51. The summed E-state index contributed by atoms with van der Waals surface area (Å²) in [5, 5.41) is 0. The lowest BCUT2D eigenvalue weighted by Gasteiger charge is -2.02. The topological polar surface area (TPSA) is 54.7 Å². The Morgan fingerprint density at radius 3 is 2.79 bits per heavy atom. The van der Waals surface area contributed by atoms with E-state index in [1.54, 1.807) is 6.20 Å². The number of aromatic nitrogens is 2. The van der Waals surface area contributed by atoms with Crippen LogP contribution in [0.5, 0.6) is 0 Å². The molecule has 14 heavy (non-hydrogen) atoms. The fourth-order valence-corrected chi connectivity index (χ4v) is 2.02. The summed E-state index contributed by atoms with van der Waals surface area (Å²) < 4.78 is 1.04. The highest BCUT2D eigenvalue weighted by Gasteiger charge is 2.05. The lowest BCUT2D eigenvalue weighted by Crippen LogP contribution is -1.86. The number of nitrogens with zero attached hydrogens (tertiary/aromatic N) is 1. The Hall–Kier alpha value is -1.29. The maximum absolute atomic E-state index is 5.51. The molecule has 0 saturated heterocycles. The summed E-state index contributed by atoms with van der Waals surface area (Å²) in [7, 11) is 0. The smallest absolute Gasteiger partial charge is 0.197 e. The molecule has 0 radical (unpaired) electrons. The van der Waals surface area contributed by atoms with Crippen LogP contribution in [0.2, 0.25) is 0 Å². The molecule has 3 nitrogen and oxygen atoms in total. The first kappa shape index (κ1) is 9.27. The third-order valence-corrected chi connectivity index (χ3v) is 2.67. The van der Waals surface area contributed by atoms with Crippen molar-refractivity contribution >= 4 is 21.9 Å². The van der Waals surface area contributed by atoms with Crippen molar-refractivity contribution in [1.82, 2.24) is 9.97 Å². The molecule has 1 heterocycles. The molecule has 2 aromatic rings.